The summed E-state index contributed by atoms with van der Waals surface area (Å²) in [6.45, 7) is 0.521. The molecule has 1 aliphatic rings. The molecule has 1 heterocycles. The third-order valence-corrected chi connectivity index (χ3v) is 1.69. The van der Waals surface area contributed by atoms with Crippen LogP contribution < -0.4 is 5.73 Å². The van der Waals surface area contributed by atoms with Gasteiger partial charge < -0.3 is 20.3 Å². The number of ether oxygens (including phenoxy) is 2. The zero-order valence-electron chi connectivity index (χ0n) is 5.99. The van der Waals surface area contributed by atoms with Crippen molar-refractivity contribution in [1.82, 2.24) is 0 Å². The van der Waals surface area contributed by atoms with Gasteiger partial charge in [0.05, 0.1) is 18.8 Å². The minimum Gasteiger partial charge on any atom is -0.391 e. The van der Waals surface area contributed by atoms with E-state index in [9.17, 15) is 5.11 Å². The fourth-order valence-electron chi connectivity index (χ4n) is 1.02. The first-order valence-corrected chi connectivity index (χ1v) is 3.33. The van der Waals surface area contributed by atoms with Gasteiger partial charge in [0.1, 0.15) is 0 Å². The lowest BCUT2D eigenvalue weighted by Crippen LogP contribution is -2.51. The molecular formula is C6H13NO3. The van der Waals surface area contributed by atoms with Gasteiger partial charge in [0.25, 0.3) is 0 Å². The SMILES string of the molecule is CO[C@@H]1OCC[C@H](O)[C@H]1N. The normalized spacial score (nSPS) is 41.7. The van der Waals surface area contributed by atoms with E-state index in [0.29, 0.717) is 13.0 Å². The molecule has 1 rings (SSSR count). The summed E-state index contributed by atoms with van der Waals surface area (Å²) in [6, 6.07) is -0.404. The Bertz CT molecular complexity index is 109. The van der Waals surface area contributed by atoms with Crippen molar-refractivity contribution in [3.63, 3.8) is 0 Å². The van der Waals surface area contributed by atoms with Crippen LogP contribution >= 0.6 is 0 Å². The zero-order valence-corrected chi connectivity index (χ0v) is 5.99. The molecule has 0 radical (unpaired) electrons. The Morgan fingerprint density at radius 3 is 2.90 bits per heavy atom. The van der Waals surface area contributed by atoms with Crippen LogP contribution in [0.25, 0.3) is 0 Å². The molecule has 0 aliphatic carbocycles. The van der Waals surface area contributed by atoms with Crippen molar-refractivity contribution in [1.29, 1.82) is 0 Å². The summed E-state index contributed by atoms with van der Waals surface area (Å²) in [5.41, 5.74) is 5.53. The standard InChI is InChI=1S/C6H13NO3/c1-9-6-5(7)4(8)2-3-10-6/h4-6,8H,2-3,7H2,1H3/t4-,5+,6+/m0/s1. The number of aliphatic hydroxyl groups excluding tert-OH is 1. The van der Waals surface area contributed by atoms with E-state index in [-0.39, 0.29) is 0 Å². The maximum absolute atomic E-state index is 9.19. The third-order valence-electron chi connectivity index (χ3n) is 1.69. The quantitative estimate of drug-likeness (QED) is 0.503. The molecule has 4 heteroatoms. The first-order chi connectivity index (χ1) is 4.75. The topological polar surface area (TPSA) is 64.7 Å². The minimum atomic E-state index is -0.487. The summed E-state index contributed by atoms with van der Waals surface area (Å²) in [4.78, 5) is 0. The average molecular weight is 147 g/mol. The van der Waals surface area contributed by atoms with Gasteiger partial charge >= 0.3 is 0 Å². The van der Waals surface area contributed by atoms with E-state index in [1.54, 1.807) is 0 Å². The zero-order chi connectivity index (χ0) is 7.56. The van der Waals surface area contributed by atoms with Crippen LogP contribution in [-0.4, -0.2) is 37.3 Å². The fraction of sp³-hybridized carbons (Fsp3) is 1.00. The molecule has 0 unspecified atom stereocenters. The molecule has 0 bridgehead atoms. The van der Waals surface area contributed by atoms with Crippen molar-refractivity contribution in [2.24, 2.45) is 5.73 Å². The predicted molar refractivity (Wildman–Crippen MR) is 35.3 cm³/mol. The summed E-state index contributed by atoms with van der Waals surface area (Å²) < 4.78 is 9.97. The summed E-state index contributed by atoms with van der Waals surface area (Å²) in [5, 5.41) is 9.19. The molecule has 4 nitrogen and oxygen atoms in total. The molecule has 0 amide bonds. The molecule has 3 N–H and O–H groups in total. The second kappa shape index (κ2) is 3.30. The summed E-state index contributed by atoms with van der Waals surface area (Å²) >= 11 is 0. The molecule has 0 aromatic rings. The van der Waals surface area contributed by atoms with Crippen molar-refractivity contribution in [2.75, 3.05) is 13.7 Å². The highest BCUT2D eigenvalue weighted by Crippen LogP contribution is 2.12. The number of aliphatic hydroxyl groups is 1. The molecule has 1 saturated heterocycles. The first-order valence-electron chi connectivity index (χ1n) is 3.33. The van der Waals surface area contributed by atoms with Crippen LogP contribution in [0.15, 0.2) is 0 Å². The van der Waals surface area contributed by atoms with Gasteiger partial charge in [-0.3, -0.25) is 0 Å². The molecule has 10 heavy (non-hydrogen) atoms. The Kier molecular flexibility index (Phi) is 2.62. The fourth-order valence-corrected chi connectivity index (χ4v) is 1.02. The van der Waals surface area contributed by atoms with Crippen LogP contribution in [0.3, 0.4) is 0 Å². The number of nitrogens with two attached hydrogens (primary N) is 1. The van der Waals surface area contributed by atoms with E-state index in [1.807, 2.05) is 0 Å². The Balaban J connectivity index is 2.42. The highest BCUT2D eigenvalue weighted by molar-refractivity contribution is 4.78. The van der Waals surface area contributed by atoms with Crippen molar-refractivity contribution in [3.8, 4) is 0 Å². The summed E-state index contributed by atoms with van der Waals surface area (Å²) in [6.07, 6.45) is -0.330. The van der Waals surface area contributed by atoms with Crippen LogP contribution in [-0.2, 0) is 9.47 Å². The predicted octanol–water partition coefficient (Wildman–Crippen LogP) is -0.933. The summed E-state index contributed by atoms with van der Waals surface area (Å²) in [5.74, 6) is 0. The van der Waals surface area contributed by atoms with Gasteiger partial charge in [-0.1, -0.05) is 0 Å². The lowest BCUT2D eigenvalue weighted by atomic mass is 10.1. The van der Waals surface area contributed by atoms with Crippen LogP contribution in [0, 0.1) is 0 Å². The highest BCUT2D eigenvalue weighted by Gasteiger charge is 2.29. The lowest BCUT2D eigenvalue weighted by Gasteiger charge is -2.31. The Labute approximate surface area is 59.9 Å². The number of hydrogen-bond donors (Lipinski definition) is 2. The van der Waals surface area contributed by atoms with E-state index in [2.05, 4.69) is 0 Å². The largest absolute Gasteiger partial charge is 0.391 e. The van der Waals surface area contributed by atoms with Crippen LogP contribution in [0.1, 0.15) is 6.42 Å². The molecule has 0 spiro atoms. The van der Waals surface area contributed by atoms with E-state index < -0.39 is 18.4 Å². The minimum absolute atomic E-state index is 0.404. The van der Waals surface area contributed by atoms with Crippen LogP contribution in [0.2, 0.25) is 0 Å². The monoisotopic (exact) mass is 147 g/mol. The molecule has 3 atom stereocenters. The molecule has 0 aromatic heterocycles. The third kappa shape index (κ3) is 1.46. The van der Waals surface area contributed by atoms with Crippen molar-refractivity contribution < 1.29 is 14.6 Å². The maximum Gasteiger partial charge on any atom is 0.174 e. The summed E-state index contributed by atoms with van der Waals surface area (Å²) in [7, 11) is 1.52. The van der Waals surface area contributed by atoms with Crippen molar-refractivity contribution in [3.05, 3.63) is 0 Å². The van der Waals surface area contributed by atoms with Gasteiger partial charge in [-0.25, -0.2) is 0 Å². The van der Waals surface area contributed by atoms with Gasteiger partial charge in [-0.05, 0) is 6.42 Å². The maximum atomic E-state index is 9.19. The van der Waals surface area contributed by atoms with Crippen molar-refractivity contribution in [2.45, 2.75) is 24.9 Å². The average Bonchev–Trinajstić information content (AvgIpc) is 1.95. The molecule has 0 aromatic carbocycles. The Hall–Kier alpha value is -0.160. The highest BCUT2D eigenvalue weighted by atomic mass is 16.7. The van der Waals surface area contributed by atoms with Crippen LogP contribution in [0.4, 0.5) is 0 Å². The van der Waals surface area contributed by atoms with Gasteiger partial charge in [0.2, 0.25) is 0 Å². The molecule has 0 saturated carbocycles. The first kappa shape index (κ1) is 7.94. The van der Waals surface area contributed by atoms with Gasteiger partial charge in [0, 0.05) is 7.11 Å². The number of hydrogen-bond acceptors (Lipinski definition) is 4. The molecular weight excluding hydrogens is 134 g/mol. The number of methoxy groups -OCH3 is 1. The Morgan fingerprint density at radius 2 is 2.40 bits per heavy atom. The van der Waals surface area contributed by atoms with E-state index in [1.165, 1.54) is 7.11 Å². The molecule has 60 valence electrons. The molecule has 1 fully saturated rings. The smallest absolute Gasteiger partial charge is 0.174 e. The Morgan fingerprint density at radius 1 is 1.70 bits per heavy atom. The molecule has 1 aliphatic heterocycles. The number of rotatable bonds is 1. The van der Waals surface area contributed by atoms with Gasteiger partial charge in [-0.15, -0.1) is 0 Å². The second-order valence-electron chi connectivity index (χ2n) is 2.41. The van der Waals surface area contributed by atoms with E-state index >= 15 is 0 Å². The van der Waals surface area contributed by atoms with Crippen LogP contribution in [0.5, 0.6) is 0 Å². The van der Waals surface area contributed by atoms with Gasteiger partial charge in [-0.2, -0.15) is 0 Å². The van der Waals surface area contributed by atoms with Crippen molar-refractivity contribution >= 4 is 0 Å². The van der Waals surface area contributed by atoms with E-state index in [0.717, 1.165) is 0 Å². The lowest BCUT2D eigenvalue weighted by molar-refractivity contribution is -0.182. The van der Waals surface area contributed by atoms with E-state index in [4.69, 9.17) is 15.2 Å². The van der Waals surface area contributed by atoms with Gasteiger partial charge in [0.15, 0.2) is 6.29 Å². The second-order valence-corrected chi connectivity index (χ2v) is 2.41.